The van der Waals surface area contributed by atoms with Gasteiger partial charge in [-0.15, -0.1) is 0 Å². The molecule has 0 spiro atoms. The van der Waals surface area contributed by atoms with Crippen molar-refractivity contribution >= 4 is 28.9 Å². The van der Waals surface area contributed by atoms with Gasteiger partial charge in [-0.05, 0) is 66.7 Å². The lowest BCUT2D eigenvalue weighted by atomic mass is 10.2. The molecular formula is C28H21ClN4O4. The zero-order chi connectivity index (χ0) is 25.6. The Morgan fingerprint density at radius 3 is 2.54 bits per heavy atom. The van der Waals surface area contributed by atoms with E-state index in [-0.39, 0.29) is 23.9 Å². The Balaban J connectivity index is 1.46. The molecule has 0 fully saturated rings. The molecule has 0 aliphatic heterocycles. The van der Waals surface area contributed by atoms with Crippen LogP contribution in [0.2, 0.25) is 5.02 Å². The lowest BCUT2D eigenvalue weighted by molar-refractivity contribution is 0.0948. The van der Waals surface area contributed by atoms with Crippen LogP contribution in [0.1, 0.15) is 16.1 Å². The summed E-state index contributed by atoms with van der Waals surface area (Å²) in [6.07, 6.45) is 3.01. The van der Waals surface area contributed by atoms with Crippen molar-refractivity contribution in [1.29, 1.82) is 0 Å². The molecule has 8 nitrogen and oxygen atoms in total. The molecule has 0 atom stereocenters. The normalized spacial score (nSPS) is 10.6. The monoisotopic (exact) mass is 512 g/mol. The Hall–Kier alpha value is -4.82. The minimum absolute atomic E-state index is 0.155. The molecule has 5 rings (SSSR count). The number of para-hydroxylation sites is 1. The van der Waals surface area contributed by atoms with E-state index in [2.05, 4.69) is 15.7 Å². The number of halogens is 1. The van der Waals surface area contributed by atoms with E-state index in [1.165, 1.54) is 10.9 Å². The number of anilines is 2. The van der Waals surface area contributed by atoms with Crippen LogP contribution in [0.25, 0.3) is 5.69 Å². The van der Waals surface area contributed by atoms with Crippen LogP contribution in [0.5, 0.6) is 11.5 Å². The predicted molar refractivity (Wildman–Crippen MR) is 141 cm³/mol. The summed E-state index contributed by atoms with van der Waals surface area (Å²) in [5.74, 6) is 1.06. The standard InChI is InChI=1S/C28H21ClN4O4/c29-20-11-13-23(14-12-20)37-25-18-31-33(22-8-2-1-3-9-22)28(35)26(25)32-21-7-4-6-19(16-21)27(34)30-17-24-10-5-15-36-24/h1-16,18,32H,17H2,(H,30,34). The second kappa shape index (κ2) is 10.8. The van der Waals surface area contributed by atoms with Gasteiger partial charge in [0.25, 0.3) is 11.5 Å². The number of furan rings is 1. The summed E-state index contributed by atoms with van der Waals surface area (Å²) in [5.41, 5.74) is 1.26. The first-order chi connectivity index (χ1) is 18.1. The second-order valence-electron chi connectivity index (χ2n) is 7.96. The van der Waals surface area contributed by atoms with Gasteiger partial charge in [-0.2, -0.15) is 9.78 Å². The van der Waals surface area contributed by atoms with Crippen molar-refractivity contribution in [2.24, 2.45) is 0 Å². The van der Waals surface area contributed by atoms with Crippen LogP contribution in [0.15, 0.2) is 113 Å². The fourth-order valence-corrected chi connectivity index (χ4v) is 3.70. The molecule has 0 saturated heterocycles. The summed E-state index contributed by atoms with van der Waals surface area (Å²) in [6, 6.07) is 26.2. The quantitative estimate of drug-likeness (QED) is 0.267. The third-order valence-electron chi connectivity index (χ3n) is 5.38. The highest BCUT2D eigenvalue weighted by atomic mass is 35.5. The summed E-state index contributed by atoms with van der Waals surface area (Å²) < 4.78 is 12.5. The van der Waals surface area contributed by atoms with Crippen LogP contribution < -0.4 is 20.9 Å². The number of ether oxygens (including phenoxy) is 1. The molecule has 0 saturated carbocycles. The Morgan fingerprint density at radius 2 is 1.78 bits per heavy atom. The van der Waals surface area contributed by atoms with Crippen molar-refractivity contribution in [3.63, 3.8) is 0 Å². The molecule has 2 heterocycles. The lowest BCUT2D eigenvalue weighted by Crippen LogP contribution is -2.24. The maximum absolute atomic E-state index is 13.5. The van der Waals surface area contributed by atoms with Gasteiger partial charge in [0.05, 0.1) is 24.7 Å². The van der Waals surface area contributed by atoms with Crippen molar-refractivity contribution in [3.05, 3.63) is 130 Å². The fourth-order valence-electron chi connectivity index (χ4n) is 3.58. The van der Waals surface area contributed by atoms with Gasteiger partial charge in [0.2, 0.25) is 0 Å². The first kappa shape index (κ1) is 23.9. The molecule has 0 radical (unpaired) electrons. The first-order valence-electron chi connectivity index (χ1n) is 11.4. The van der Waals surface area contributed by atoms with E-state index in [0.29, 0.717) is 33.5 Å². The average Bonchev–Trinajstić information content (AvgIpc) is 3.45. The van der Waals surface area contributed by atoms with Gasteiger partial charge in [0.1, 0.15) is 11.5 Å². The van der Waals surface area contributed by atoms with Gasteiger partial charge < -0.3 is 19.8 Å². The molecule has 3 aromatic carbocycles. The number of rotatable bonds is 8. The van der Waals surface area contributed by atoms with E-state index in [0.717, 1.165) is 0 Å². The van der Waals surface area contributed by atoms with Crippen molar-refractivity contribution in [1.82, 2.24) is 15.1 Å². The molecule has 2 aromatic heterocycles. The first-order valence-corrected chi connectivity index (χ1v) is 11.7. The number of amides is 1. The summed E-state index contributed by atoms with van der Waals surface area (Å²) in [6.45, 7) is 0.259. The van der Waals surface area contributed by atoms with E-state index in [9.17, 15) is 9.59 Å². The lowest BCUT2D eigenvalue weighted by Gasteiger charge is -2.15. The molecule has 0 aliphatic carbocycles. The summed E-state index contributed by atoms with van der Waals surface area (Å²) >= 11 is 5.99. The SMILES string of the molecule is O=C(NCc1ccco1)c1cccc(Nc2c(Oc3ccc(Cl)cc3)cnn(-c3ccccc3)c2=O)c1. The van der Waals surface area contributed by atoms with E-state index in [4.69, 9.17) is 20.8 Å². The molecule has 37 heavy (non-hydrogen) atoms. The zero-order valence-electron chi connectivity index (χ0n) is 19.4. The van der Waals surface area contributed by atoms with Crippen LogP contribution in [-0.4, -0.2) is 15.7 Å². The predicted octanol–water partition coefficient (Wildman–Crippen LogP) is 5.94. The summed E-state index contributed by atoms with van der Waals surface area (Å²) in [4.78, 5) is 26.2. The molecular weight excluding hydrogens is 492 g/mol. The zero-order valence-corrected chi connectivity index (χ0v) is 20.2. The molecule has 0 aliphatic rings. The van der Waals surface area contributed by atoms with Crippen LogP contribution in [0.3, 0.4) is 0 Å². The van der Waals surface area contributed by atoms with Crippen LogP contribution in [0, 0.1) is 0 Å². The van der Waals surface area contributed by atoms with Crippen molar-refractivity contribution < 1.29 is 13.9 Å². The number of aromatic nitrogens is 2. The van der Waals surface area contributed by atoms with Gasteiger partial charge in [0, 0.05) is 16.3 Å². The van der Waals surface area contributed by atoms with Crippen molar-refractivity contribution in [3.8, 4) is 17.2 Å². The van der Waals surface area contributed by atoms with Gasteiger partial charge >= 0.3 is 0 Å². The largest absolute Gasteiger partial charge is 0.467 e. The number of hydrogen-bond donors (Lipinski definition) is 2. The maximum Gasteiger partial charge on any atom is 0.299 e. The van der Waals surface area contributed by atoms with E-state index >= 15 is 0 Å². The average molecular weight is 513 g/mol. The van der Waals surface area contributed by atoms with Gasteiger partial charge in [-0.1, -0.05) is 35.9 Å². The maximum atomic E-state index is 13.5. The summed E-state index contributed by atoms with van der Waals surface area (Å²) in [7, 11) is 0. The Bertz CT molecular complexity index is 1570. The second-order valence-corrected chi connectivity index (χ2v) is 8.40. The number of nitrogens with zero attached hydrogens (tertiary/aromatic N) is 2. The minimum atomic E-state index is -0.426. The van der Waals surface area contributed by atoms with Crippen LogP contribution in [-0.2, 0) is 6.54 Å². The van der Waals surface area contributed by atoms with Gasteiger partial charge in [-0.25, -0.2) is 0 Å². The smallest absolute Gasteiger partial charge is 0.299 e. The topological polar surface area (TPSA) is 98.4 Å². The highest BCUT2D eigenvalue weighted by Gasteiger charge is 2.16. The van der Waals surface area contributed by atoms with E-state index in [1.807, 2.05) is 18.2 Å². The molecule has 5 aromatic rings. The van der Waals surface area contributed by atoms with E-state index in [1.54, 1.807) is 79.1 Å². The Kier molecular flexibility index (Phi) is 7.00. The molecule has 1 amide bonds. The van der Waals surface area contributed by atoms with E-state index < -0.39 is 5.56 Å². The third-order valence-corrected chi connectivity index (χ3v) is 5.63. The number of nitrogens with one attached hydrogen (secondary N) is 2. The van der Waals surface area contributed by atoms with Crippen molar-refractivity contribution in [2.45, 2.75) is 6.54 Å². The molecule has 9 heteroatoms. The third kappa shape index (κ3) is 5.71. The molecule has 2 N–H and O–H groups in total. The van der Waals surface area contributed by atoms with Gasteiger partial charge in [-0.3, -0.25) is 9.59 Å². The molecule has 0 bridgehead atoms. The molecule has 184 valence electrons. The molecule has 0 unspecified atom stereocenters. The van der Waals surface area contributed by atoms with Crippen LogP contribution in [0.4, 0.5) is 11.4 Å². The van der Waals surface area contributed by atoms with Crippen LogP contribution >= 0.6 is 11.6 Å². The number of hydrogen-bond acceptors (Lipinski definition) is 6. The van der Waals surface area contributed by atoms with Gasteiger partial charge in [0.15, 0.2) is 11.4 Å². The number of benzene rings is 3. The van der Waals surface area contributed by atoms with Crippen molar-refractivity contribution in [2.75, 3.05) is 5.32 Å². The number of carbonyl (C=O) groups is 1. The highest BCUT2D eigenvalue weighted by Crippen LogP contribution is 2.29. The minimum Gasteiger partial charge on any atom is -0.467 e. The fraction of sp³-hybridized carbons (Fsp3) is 0.0357. The number of carbonyl (C=O) groups excluding carboxylic acids is 1. The Labute approximate surface area is 217 Å². The summed E-state index contributed by atoms with van der Waals surface area (Å²) in [5, 5.41) is 10.8. The highest BCUT2D eigenvalue weighted by molar-refractivity contribution is 6.30. The Morgan fingerprint density at radius 1 is 0.973 bits per heavy atom.